The number of halogens is 1. The third-order valence-corrected chi connectivity index (χ3v) is 4.11. The van der Waals surface area contributed by atoms with Gasteiger partial charge < -0.3 is 9.47 Å². The molecule has 0 aliphatic heterocycles. The Labute approximate surface area is 153 Å². The number of aldehydes is 1. The topological polar surface area (TPSA) is 66.2 Å². The van der Waals surface area contributed by atoms with E-state index in [0.717, 1.165) is 11.8 Å². The molecular weight excluding hydrogens is 386 g/mol. The smallest absolute Gasteiger partial charge is 0.175 e. The number of rotatable bonds is 7. The molecule has 0 N–H and O–H groups in total. The number of aromatic nitrogens is 3. The molecule has 0 amide bonds. The minimum atomic E-state index is 0.240. The largest absolute Gasteiger partial charge is 0.493 e. The van der Waals surface area contributed by atoms with E-state index >= 15 is 0 Å². The van der Waals surface area contributed by atoms with Gasteiger partial charge in [-0.05, 0) is 33.6 Å². The van der Waals surface area contributed by atoms with Gasteiger partial charge >= 0.3 is 0 Å². The molecule has 0 spiro atoms. The van der Waals surface area contributed by atoms with Crippen LogP contribution in [0.4, 0.5) is 0 Å². The molecule has 0 unspecified atom stereocenters. The van der Waals surface area contributed by atoms with Crippen LogP contribution in [0.1, 0.15) is 21.6 Å². The van der Waals surface area contributed by atoms with Gasteiger partial charge in [0.15, 0.2) is 11.5 Å². The van der Waals surface area contributed by atoms with Gasteiger partial charge in [0.2, 0.25) is 0 Å². The van der Waals surface area contributed by atoms with Crippen molar-refractivity contribution in [1.82, 2.24) is 15.0 Å². The minimum absolute atomic E-state index is 0.240. The van der Waals surface area contributed by atoms with Gasteiger partial charge in [0.05, 0.1) is 24.3 Å². The maximum Gasteiger partial charge on any atom is 0.175 e. The number of benzene rings is 2. The summed E-state index contributed by atoms with van der Waals surface area (Å²) in [6.45, 7) is 0.888. The third kappa shape index (κ3) is 4.24. The summed E-state index contributed by atoms with van der Waals surface area (Å²) in [4.78, 5) is 10.9. The summed E-state index contributed by atoms with van der Waals surface area (Å²) in [5.41, 5.74) is 2.35. The van der Waals surface area contributed by atoms with E-state index < -0.39 is 0 Å². The molecule has 6 nitrogen and oxygen atoms in total. The molecule has 0 radical (unpaired) electrons. The van der Waals surface area contributed by atoms with Crippen LogP contribution in [0.2, 0.25) is 0 Å². The van der Waals surface area contributed by atoms with Crippen LogP contribution in [0.3, 0.4) is 0 Å². The molecule has 3 rings (SSSR count). The average molecular weight is 402 g/mol. The number of nitrogens with zero attached hydrogens (tertiary/aromatic N) is 3. The Morgan fingerprint density at radius 3 is 2.76 bits per heavy atom. The van der Waals surface area contributed by atoms with Crippen LogP contribution in [-0.4, -0.2) is 28.4 Å². The Bertz CT molecular complexity index is 865. The zero-order valence-corrected chi connectivity index (χ0v) is 15.1. The number of hydrogen-bond acceptors (Lipinski definition) is 5. The third-order valence-electron chi connectivity index (χ3n) is 3.53. The zero-order valence-electron chi connectivity index (χ0n) is 13.6. The van der Waals surface area contributed by atoms with E-state index in [9.17, 15) is 4.79 Å². The average Bonchev–Trinajstić information content (AvgIpc) is 3.08. The van der Waals surface area contributed by atoms with Crippen molar-refractivity contribution in [3.05, 3.63) is 70.0 Å². The standard InChI is InChI=1S/C18H16BrN3O3/c1-24-17-8-14(11-23)7-16(19)18(17)25-12-15-10-22(21-20-15)9-13-5-3-2-4-6-13/h2-8,10-11H,9,12H2,1H3. The highest BCUT2D eigenvalue weighted by molar-refractivity contribution is 9.10. The highest BCUT2D eigenvalue weighted by atomic mass is 79.9. The van der Waals surface area contributed by atoms with E-state index in [1.54, 1.807) is 16.8 Å². The number of carbonyl (C=O) groups excluding carboxylic acids is 1. The van der Waals surface area contributed by atoms with Crippen molar-refractivity contribution in [2.45, 2.75) is 13.2 Å². The first kappa shape index (κ1) is 17.2. The van der Waals surface area contributed by atoms with Crippen molar-refractivity contribution in [3.8, 4) is 11.5 Å². The summed E-state index contributed by atoms with van der Waals surface area (Å²) < 4.78 is 13.5. The Balaban J connectivity index is 1.69. The van der Waals surface area contributed by atoms with Crippen molar-refractivity contribution in [1.29, 1.82) is 0 Å². The second kappa shape index (κ2) is 7.94. The number of ether oxygens (including phenoxy) is 2. The van der Waals surface area contributed by atoms with E-state index in [2.05, 4.69) is 26.2 Å². The lowest BCUT2D eigenvalue weighted by Crippen LogP contribution is -2.00. The van der Waals surface area contributed by atoms with Crippen molar-refractivity contribution in [3.63, 3.8) is 0 Å². The SMILES string of the molecule is COc1cc(C=O)cc(Br)c1OCc1cn(Cc2ccccc2)nn1. The van der Waals surface area contributed by atoms with Crippen LogP contribution >= 0.6 is 15.9 Å². The van der Waals surface area contributed by atoms with Crippen molar-refractivity contribution in [2.24, 2.45) is 0 Å². The summed E-state index contributed by atoms with van der Waals surface area (Å²) >= 11 is 3.40. The lowest BCUT2D eigenvalue weighted by atomic mass is 10.2. The van der Waals surface area contributed by atoms with Gasteiger partial charge in [-0.2, -0.15) is 0 Å². The molecule has 7 heteroatoms. The van der Waals surface area contributed by atoms with Gasteiger partial charge in [0.25, 0.3) is 0 Å². The molecule has 2 aromatic carbocycles. The molecule has 0 saturated carbocycles. The monoisotopic (exact) mass is 401 g/mol. The zero-order chi connectivity index (χ0) is 17.6. The first-order chi connectivity index (χ1) is 12.2. The van der Waals surface area contributed by atoms with E-state index in [1.165, 1.54) is 7.11 Å². The van der Waals surface area contributed by atoms with E-state index in [-0.39, 0.29) is 6.61 Å². The number of carbonyl (C=O) groups is 1. The van der Waals surface area contributed by atoms with Gasteiger partial charge in [-0.25, -0.2) is 4.68 Å². The molecule has 0 aliphatic carbocycles. The minimum Gasteiger partial charge on any atom is -0.493 e. The summed E-state index contributed by atoms with van der Waals surface area (Å²) in [5, 5.41) is 8.24. The molecule has 25 heavy (non-hydrogen) atoms. The van der Waals surface area contributed by atoms with Crippen molar-refractivity contribution < 1.29 is 14.3 Å². The molecule has 1 aromatic heterocycles. The first-order valence-electron chi connectivity index (χ1n) is 7.58. The van der Waals surface area contributed by atoms with Gasteiger partial charge in [-0.1, -0.05) is 35.5 Å². The van der Waals surface area contributed by atoms with Gasteiger partial charge in [0, 0.05) is 5.56 Å². The molecule has 0 aliphatic rings. The predicted molar refractivity (Wildman–Crippen MR) is 96.0 cm³/mol. The Morgan fingerprint density at radius 1 is 1.24 bits per heavy atom. The maximum atomic E-state index is 10.9. The van der Waals surface area contributed by atoms with Crippen LogP contribution in [-0.2, 0) is 13.2 Å². The first-order valence-corrected chi connectivity index (χ1v) is 8.37. The molecule has 1 heterocycles. The normalized spacial score (nSPS) is 10.5. The Hall–Kier alpha value is -2.67. The molecule has 0 fully saturated rings. The van der Waals surface area contributed by atoms with Crippen LogP contribution in [0.15, 0.2) is 53.1 Å². The Morgan fingerprint density at radius 2 is 2.04 bits per heavy atom. The molecule has 0 bridgehead atoms. The van der Waals surface area contributed by atoms with E-state index in [0.29, 0.717) is 33.8 Å². The lowest BCUT2D eigenvalue weighted by Gasteiger charge is -2.12. The van der Waals surface area contributed by atoms with Gasteiger partial charge in [0.1, 0.15) is 18.6 Å². The summed E-state index contributed by atoms with van der Waals surface area (Å²) in [7, 11) is 1.53. The maximum absolute atomic E-state index is 10.9. The van der Waals surface area contributed by atoms with Gasteiger partial charge in [-0.15, -0.1) is 5.10 Å². The molecule has 0 atom stereocenters. The molecular formula is C18H16BrN3O3. The fourth-order valence-electron chi connectivity index (χ4n) is 2.35. The summed E-state index contributed by atoms with van der Waals surface area (Å²) in [5.74, 6) is 0.999. The molecule has 3 aromatic rings. The van der Waals surface area contributed by atoms with E-state index in [1.807, 2.05) is 36.5 Å². The second-order valence-electron chi connectivity index (χ2n) is 5.33. The van der Waals surface area contributed by atoms with Crippen LogP contribution < -0.4 is 9.47 Å². The molecule has 0 saturated heterocycles. The van der Waals surface area contributed by atoms with Gasteiger partial charge in [-0.3, -0.25) is 4.79 Å². The fourth-order valence-corrected chi connectivity index (χ4v) is 2.92. The van der Waals surface area contributed by atoms with E-state index in [4.69, 9.17) is 9.47 Å². The highest BCUT2D eigenvalue weighted by Crippen LogP contribution is 2.36. The number of hydrogen-bond donors (Lipinski definition) is 0. The Kier molecular flexibility index (Phi) is 5.45. The van der Waals surface area contributed by atoms with Crippen LogP contribution in [0, 0.1) is 0 Å². The summed E-state index contributed by atoms with van der Waals surface area (Å²) in [6.07, 6.45) is 2.60. The molecule has 128 valence electrons. The number of methoxy groups -OCH3 is 1. The van der Waals surface area contributed by atoms with Crippen molar-refractivity contribution in [2.75, 3.05) is 7.11 Å². The predicted octanol–water partition coefficient (Wildman–Crippen LogP) is 3.49. The highest BCUT2D eigenvalue weighted by Gasteiger charge is 2.13. The quantitative estimate of drug-likeness (QED) is 0.566. The second-order valence-corrected chi connectivity index (χ2v) is 6.19. The lowest BCUT2D eigenvalue weighted by molar-refractivity contribution is 0.112. The van der Waals surface area contributed by atoms with Crippen LogP contribution in [0.5, 0.6) is 11.5 Å². The van der Waals surface area contributed by atoms with Crippen molar-refractivity contribution >= 4 is 22.2 Å². The fraction of sp³-hybridized carbons (Fsp3) is 0.167. The summed E-state index contributed by atoms with van der Waals surface area (Å²) in [6, 6.07) is 13.3. The van der Waals surface area contributed by atoms with Crippen LogP contribution in [0.25, 0.3) is 0 Å².